The highest BCUT2D eigenvalue weighted by molar-refractivity contribution is 5.85. The smallest absolute Gasteiger partial charge is 0.328 e. The zero-order chi connectivity index (χ0) is 15.9. The number of ether oxygens (including phenoxy) is 1. The second kappa shape index (κ2) is 8.37. The van der Waals surface area contributed by atoms with Crippen LogP contribution in [0.15, 0.2) is 0 Å². The monoisotopic (exact) mass is 298 g/mol. The predicted molar refractivity (Wildman–Crippen MR) is 82.6 cm³/mol. The van der Waals surface area contributed by atoms with E-state index in [0.717, 1.165) is 32.1 Å². The van der Waals surface area contributed by atoms with E-state index in [1.54, 1.807) is 0 Å². The van der Waals surface area contributed by atoms with Crippen molar-refractivity contribution in [1.82, 2.24) is 5.32 Å². The normalized spacial score (nSPS) is 20.4. The second-order valence-electron chi connectivity index (χ2n) is 6.40. The first kappa shape index (κ1) is 18.0. The molecule has 1 amide bonds. The molecule has 0 aliphatic heterocycles. The Morgan fingerprint density at radius 3 is 2.38 bits per heavy atom. The Hall–Kier alpha value is -1.10. The predicted octanol–water partition coefficient (Wildman–Crippen LogP) is 1.99. The molecule has 1 aliphatic rings. The molecule has 0 spiro atoms. The maximum absolute atomic E-state index is 12.4. The largest absolute Gasteiger partial charge is 0.467 e. The number of rotatable bonds is 7. The summed E-state index contributed by atoms with van der Waals surface area (Å²) in [6, 6.07) is -0.564. The van der Waals surface area contributed by atoms with Crippen molar-refractivity contribution in [3.05, 3.63) is 0 Å². The average Bonchev–Trinajstić information content (AvgIpc) is 2.52. The summed E-state index contributed by atoms with van der Waals surface area (Å²) in [6.07, 6.45) is 6.72. The molecule has 0 aromatic heterocycles. The third kappa shape index (κ3) is 4.99. The van der Waals surface area contributed by atoms with Crippen molar-refractivity contribution < 1.29 is 14.3 Å². The van der Waals surface area contributed by atoms with E-state index in [0.29, 0.717) is 13.0 Å². The standard InChI is InChI=1S/C16H30N2O3/c1-4-12(2)14(15(20)21-3)18-13(19)10-16(11-17)8-6-5-7-9-16/h12,14H,4-11,17H2,1-3H3,(H,18,19). The number of amides is 1. The first-order chi connectivity index (χ1) is 9.98. The molecule has 0 heterocycles. The van der Waals surface area contributed by atoms with Crippen LogP contribution in [0, 0.1) is 11.3 Å². The van der Waals surface area contributed by atoms with Gasteiger partial charge in [-0.3, -0.25) is 4.79 Å². The number of nitrogens with two attached hydrogens (primary N) is 1. The summed E-state index contributed by atoms with van der Waals surface area (Å²) in [4.78, 5) is 24.2. The molecule has 1 aliphatic carbocycles. The van der Waals surface area contributed by atoms with Gasteiger partial charge in [-0.25, -0.2) is 4.79 Å². The summed E-state index contributed by atoms with van der Waals surface area (Å²) < 4.78 is 4.80. The summed E-state index contributed by atoms with van der Waals surface area (Å²) in [6.45, 7) is 4.48. The van der Waals surface area contributed by atoms with Crippen LogP contribution < -0.4 is 11.1 Å². The minimum absolute atomic E-state index is 0.0570. The summed E-state index contributed by atoms with van der Waals surface area (Å²) in [5, 5.41) is 2.86. The first-order valence-electron chi connectivity index (χ1n) is 8.05. The van der Waals surface area contributed by atoms with Crippen LogP contribution in [0.25, 0.3) is 0 Å². The lowest BCUT2D eigenvalue weighted by atomic mass is 9.71. The molecule has 1 rings (SSSR count). The Labute approximate surface area is 128 Å². The average molecular weight is 298 g/mol. The van der Waals surface area contributed by atoms with E-state index in [1.807, 2.05) is 13.8 Å². The van der Waals surface area contributed by atoms with E-state index in [-0.39, 0.29) is 23.2 Å². The van der Waals surface area contributed by atoms with Gasteiger partial charge in [-0.05, 0) is 30.7 Å². The van der Waals surface area contributed by atoms with Gasteiger partial charge in [0.1, 0.15) is 6.04 Å². The lowest BCUT2D eigenvalue weighted by Gasteiger charge is -2.36. The number of nitrogens with one attached hydrogen (secondary N) is 1. The maximum atomic E-state index is 12.4. The molecule has 0 aromatic carbocycles. The lowest BCUT2D eigenvalue weighted by Crippen LogP contribution is -2.48. The van der Waals surface area contributed by atoms with Crippen LogP contribution >= 0.6 is 0 Å². The topological polar surface area (TPSA) is 81.4 Å². The molecule has 2 unspecified atom stereocenters. The highest BCUT2D eigenvalue weighted by Crippen LogP contribution is 2.38. The van der Waals surface area contributed by atoms with Crippen LogP contribution in [0.5, 0.6) is 0 Å². The fourth-order valence-corrected chi connectivity index (χ4v) is 3.12. The van der Waals surface area contributed by atoms with E-state index < -0.39 is 6.04 Å². The van der Waals surface area contributed by atoms with Gasteiger partial charge in [-0.2, -0.15) is 0 Å². The molecule has 3 N–H and O–H groups in total. The summed E-state index contributed by atoms with van der Waals surface area (Å²) >= 11 is 0. The number of carbonyl (C=O) groups is 2. The molecule has 21 heavy (non-hydrogen) atoms. The Bertz CT molecular complexity index is 351. The molecule has 1 saturated carbocycles. The lowest BCUT2D eigenvalue weighted by molar-refractivity contribution is -0.147. The van der Waals surface area contributed by atoms with Crippen molar-refractivity contribution in [3.63, 3.8) is 0 Å². The molecule has 122 valence electrons. The van der Waals surface area contributed by atoms with Crippen LogP contribution in [-0.4, -0.2) is 31.6 Å². The van der Waals surface area contributed by atoms with Crippen molar-refractivity contribution in [2.24, 2.45) is 17.1 Å². The van der Waals surface area contributed by atoms with Gasteiger partial charge in [-0.1, -0.05) is 39.5 Å². The van der Waals surface area contributed by atoms with Crippen molar-refractivity contribution in [3.8, 4) is 0 Å². The third-order valence-corrected chi connectivity index (χ3v) is 4.87. The van der Waals surface area contributed by atoms with E-state index in [4.69, 9.17) is 10.5 Å². The highest BCUT2D eigenvalue weighted by Gasteiger charge is 2.35. The molecule has 2 atom stereocenters. The van der Waals surface area contributed by atoms with Crippen molar-refractivity contribution in [1.29, 1.82) is 0 Å². The second-order valence-corrected chi connectivity index (χ2v) is 6.40. The number of hydrogen-bond acceptors (Lipinski definition) is 4. The van der Waals surface area contributed by atoms with Gasteiger partial charge in [0.15, 0.2) is 0 Å². The minimum Gasteiger partial charge on any atom is -0.467 e. The number of hydrogen-bond donors (Lipinski definition) is 2. The highest BCUT2D eigenvalue weighted by atomic mass is 16.5. The number of esters is 1. The maximum Gasteiger partial charge on any atom is 0.328 e. The Balaban J connectivity index is 2.66. The molecular weight excluding hydrogens is 268 g/mol. The number of methoxy groups -OCH3 is 1. The van der Waals surface area contributed by atoms with Crippen LogP contribution in [0.1, 0.15) is 58.8 Å². The molecular formula is C16H30N2O3. The molecule has 1 fully saturated rings. The van der Waals surface area contributed by atoms with Gasteiger partial charge in [0, 0.05) is 6.42 Å². The zero-order valence-electron chi connectivity index (χ0n) is 13.6. The quantitative estimate of drug-likeness (QED) is 0.704. The fraction of sp³-hybridized carbons (Fsp3) is 0.875. The van der Waals surface area contributed by atoms with Gasteiger partial charge in [-0.15, -0.1) is 0 Å². The van der Waals surface area contributed by atoms with Crippen molar-refractivity contribution in [2.75, 3.05) is 13.7 Å². The molecule has 0 bridgehead atoms. The van der Waals surface area contributed by atoms with Crippen LogP contribution in [0.4, 0.5) is 0 Å². The van der Waals surface area contributed by atoms with Gasteiger partial charge in [0.25, 0.3) is 0 Å². The summed E-state index contributed by atoms with van der Waals surface area (Å²) in [5.74, 6) is -0.400. The third-order valence-electron chi connectivity index (χ3n) is 4.87. The summed E-state index contributed by atoms with van der Waals surface area (Å²) in [7, 11) is 1.35. The van der Waals surface area contributed by atoms with Gasteiger partial charge in [0.2, 0.25) is 5.91 Å². The van der Waals surface area contributed by atoms with Crippen molar-refractivity contribution in [2.45, 2.75) is 64.8 Å². The van der Waals surface area contributed by atoms with Gasteiger partial charge >= 0.3 is 5.97 Å². The summed E-state index contributed by atoms with van der Waals surface area (Å²) in [5.41, 5.74) is 5.83. The fourth-order valence-electron chi connectivity index (χ4n) is 3.12. The van der Waals surface area contributed by atoms with Crippen LogP contribution in [0.2, 0.25) is 0 Å². The van der Waals surface area contributed by atoms with Crippen LogP contribution in [-0.2, 0) is 14.3 Å². The molecule has 0 radical (unpaired) electrons. The van der Waals surface area contributed by atoms with Crippen LogP contribution in [0.3, 0.4) is 0 Å². The van der Waals surface area contributed by atoms with Gasteiger partial charge in [0.05, 0.1) is 7.11 Å². The molecule has 0 saturated heterocycles. The Kier molecular flexibility index (Phi) is 7.15. The molecule has 5 heteroatoms. The zero-order valence-corrected chi connectivity index (χ0v) is 13.6. The first-order valence-corrected chi connectivity index (χ1v) is 8.05. The van der Waals surface area contributed by atoms with Gasteiger partial charge < -0.3 is 15.8 Å². The van der Waals surface area contributed by atoms with E-state index in [2.05, 4.69) is 5.32 Å². The Morgan fingerprint density at radius 2 is 1.90 bits per heavy atom. The minimum atomic E-state index is -0.564. The van der Waals surface area contributed by atoms with E-state index in [9.17, 15) is 9.59 Å². The van der Waals surface area contributed by atoms with E-state index >= 15 is 0 Å². The Morgan fingerprint density at radius 1 is 1.29 bits per heavy atom. The number of carbonyl (C=O) groups excluding carboxylic acids is 2. The van der Waals surface area contributed by atoms with E-state index in [1.165, 1.54) is 13.5 Å². The molecule has 5 nitrogen and oxygen atoms in total. The van der Waals surface area contributed by atoms with Crippen molar-refractivity contribution >= 4 is 11.9 Å². The molecule has 0 aromatic rings. The SMILES string of the molecule is CCC(C)C(NC(=O)CC1(CN)CCCCC1)C(=O)OC.